The van der Waals surface area contributed by atoms with Crippen molar-refractivity contribution in [1.29, 1.82) is 0 Å². The Morgan fingerprint density at radius 2 is 1.44 bits per heavy atom. The van der Waals surface area contributed by atoms with Crippen LogP contribution in [0.3, 0.4) is 0 Å². The van der Waals surface area contributed by atoms with Crippen molar-refractivity contribution < 1.29 is 29.1 Å². The lowest BCUT2D eigenvalue weighted by Crippen LogP contribution is -2.57. The van der Waals surface area contributed by atoms with Crippen LogP contribution >= 0.6 is 25.3 Å². The van der Waals surface area contributed by atoms with Gasteiger partial charge in [-0.1, -0.05) is 0 Å². The Morgan fingerprint density at radius 3 is 1.89 bits per heavy atom. The highest BCUT2D eigenvalue weighted by Crippen LogP contribution is 1.98. The molecule has 0 rings (SSSR count). The Kier molecular flexibility index (Phi) is 11.5. The van der Waals surface area contributed by atoms with Gasteiger partial charge >= 0.3 is 5.97 Å². The summed E-state index contributed by atoms with van der Waals surface area (Å²) in [6.45, 7) is 1.37. The molecule has 0 aliphatic carbocycles. The highest BCUT2D eigenvalue weighted by molar-refractivity contribution is 7.80. The van der Waals surface area contributed by atoms with E-state index in [1.54, 1.807) is 0 Å². The molecular weight excluding hydrogens is 398 g/mol. The fraction of sp³-hybridized carbons (Fsp3) is 0.643. The Morgan fingerprint density at radius 1 is 0.926 bits per heavy atom. The fourth-order valence-corrected chi connectivity index (χ4v) is 2.27. The molecule has 0 heterocycles. The van der Waals surface area contributed by atoms with Crippen molar-refractivity contribution in [2.75, 3.05) is 11.5 Å². The van der Waals surface area contributed by atoms with Gasteiger partial charge in [0.15, 0.2) is 0 Å². The first kappa shape index (κ1) is 25.0. The minimum absolute atomic E-state index is 0.0253. The van der Waals surface area contributed by atoms with E-state index >= 15 is 0 Å². The highest BCUT2D eigenvalue weighted by Gasteiger charge is 2.27. The van der Waals surface area contributed by atoms with Crippen LogP contribution in [0.5, 0.6) is 0 Å². The quantitative estimate of drug-likeness (QED) is 0.153. The summed E-state index contributed by atoms with van der Waals surface area (Å²) in [5, 5.41) is 15.8. The molecule has 0 spiro atoms. The van der Waals surface area contributed by atoms with Crippen LogP contribution in [0.4, 0.5) is 0 Å². The van der Waals surface area contributed by atoms with Crippen LogP contribution in [0.1, 0.15) is 19.8 Å². The first-order valence-corrected chi connectivity index (χ1v) is 9.19. The van der Waals surface area contributed by atoms with E-state index in [-0.39, 0.29) is 24.3 Å². The molecule has 11 nitrogen and oxygen atoms in total. The molecule has 0 radical (unpaired) electrons. The summed E-state index contributed by atoms with van der Waals surface area (Å²) in [5.74, 6) is -4.22. The molecule has 0 aromatic rings. The largest absolute Gasteiger partial charge is 0.480 e. The third-order valence-electron chi connectivity index (χ3n) is 3.40. The average molecular weight is 424 g/mol. The predicted molar refractivity (Wildman–Crippen MR) is 103 cm³/mol. The Labute approximate surface area is 167 Å². The van der Waals surface area contributed by atoms with E-state index in [9.17, 15) is 24.0 Å². The van der Waals surface area contributed by atoms with Gasteiger partial charge in [0, 0.05) is 17.9 Å². The van der Waals surface area contributed by atoms with Crippen molar-refractivity contribution in [1.82, 2.24) is 16.0 Å². The number of carbonyl (C=O) groups is 5. The van der Waals surface area contributed by atoms with Gasteiger partial charge in [0.2, 0.25) is 23.6 Å². The van der Waals surface area contributed by atoms with Crippen LogP contribution < -0.4 is 27.4 Å². The Hall–Kier alpha value is -1.99. The Bertz CT molecular complexity index is 576. The lowest BCUT2D eigenvalue weighted by molar-refractivity contribution is -0.141. The maximum atomic E-state index is 12.1. The molecule has 0 aromatic carbocycles. The standard InChI is InChI=1S/C14H25N5O6S2/c1-6(17-12(22)7(15)2-3-10(16)20)11(21)18-8(4-26)13(23)19-9(5-27)14(24)25/h6-9,26-27H,2-5,15H2,1H3,(H2,16,20)(H,17,22)(H,18,21)(H,19,23)(H,24,25). The van der Waals surface area contributed by atoms with Crippen molar-refractivity contribution in [3.05, 3.63) is 0 Å². The van der Waals surface area contributed by atoms with Gasteiger partial charge in [-0.2, -0.15) is 25.3 Å². The number of rotatable bonds is 12. The van der Waals surface area contributed by atoms with E-state index in [0.717, 1.165) is 0 Å². The maximum Gasteiger partial charge on any atom is 0.327 e. The molecule has 27 heavy (non-hydrogen) atoms. The minimum Gasteiger partial charge on any atom is -0.480 e. The second kappa shape index (κ2) is 12.4. The molecule has 0 fully saturated rings. The number of nitrogens with one attached hydrogen (secondary N) is 3. The van der Waals surface area contributed by atoms with Crippen molar-refractivity contribution in [2.45, 2.75) is 43.9 Å². The number of nitrogens with two attached hydrogens (primary N) is 2. The topological polar surface area (TPSA) is 194 Å². The summed E-state index contributed by atoms with van der Waals surface area (Å²) < 4.78 is 0. The lowest BCUT2D eigenvalue weighted by atomic mass is 10.1. The average Bonchev–Trinajstić information content (AvgIpc) is 2.60. The molecule has 0 saturated heterocycles. The molecule has 4 atom stereocenters. The van der Waals surface area contributed by atoms with Crippen LogP contribution in [0.2, 0.25) is 0 Å². The van der Waals surface area contributed by atoms with E-state index in [4.69, 9.17) is 16.6 Å². The minimum atomic E-state index is -1.27. The molecule has 0 saturated carbocycles. The van der Waals surface area contributed by atoms with Gasteiger partial charge in [0.05, 0.1) is 6.04 Å². The van der Waals surface area contributed by atoms with Crippen LogP contribution in [0.15, 0.2) is 0 Å². The molecule has 0 aliphatic heterocycles. The molecule has 13 heteroatoms. The summed E-state index contributed by atoms with van der Waals surface area (Å²) >= 11 is 7.78. The normalized spacial score (nSPS) is 15.0. The third-order valence-corrected chi connectivity index (χ3v) is 4.13. The zero-order valence-corrected chi connectivity index (χ0v) is 16.5. The summed E-state index contributed by atoms with van der Waals surface area (Å²) in [5.41, 5.74) is 10.6. The number of carbonyl (C=O) groups excluding carboxylic acids is 4. The monoisotopic (exact) mass is 423 g/mol. The van der Waals surface area contributed by atoms with Gasteiger partial charge in [-0.15, -0.1) is 0 Å². The number of hydrogen-bond acceptors (Lipinski definition) is 8. The molecule has 0 aliphatic rings. The predicted octanol–water partition coefficient (Wildman–Crippen LogP) is -3.00. The van der Waals surface area contributed by atoms with Gasteiger partial charge in [-0.3, -0.25) is 19.2 Å². The van der Waals surface area contributed by atoms with E-state index < -0.39 is 53.8 Å². The van der Waals surface area contributed by atoms with Gasteiger partial charge in [-0.05, 0) is 13.3 Å². The second-order valence-electron chi connectivity index (χ2n) is 5.67. The summed E-state index contributed by atoms with van der Waals surface area (Å²) in [4.78, 5) is 57.7. The van der Waals surface area contributed by atoms with Gasteiger partial charge in [0.1, 0.15) is 18.1 Å². The van der Waals surface area contributed by atoms with E-state index in [2.05, 4.69) is 41.2 Å². The van der Waals surface area contributed by atoms with Crippen molar-refractivity contribution in [2.24, 2.45) is 11.5 Å². The number of thiol groups is 2. The molecule has 8 N–H and O–H groups in total. The van der Waals surface area contributed by atoms with E-state index in [1.165, 1.54) is 6.92 Å². The molecule has 154 valence electrons. The smallest absolute Gasteiger partial charge is 0.327 e. The van der Waals surface area contributed by atoms with Crippen LogP contribution in [-0.2, 0) is 24.0 Å². The SMILES string of the molecule is CC(NC(=O)C(N)CCC(N)=O)C(=O)NC(CS)C(=O)NC(CS)C(=O)O. The van der Waals surface area contributed by atoms with Gasteiger partial charge < -0.3 is 32.5 Å². The van der Waals surface area contributed by atoms with Crippen molar-refractivity contribution in [3.8, 4) is 0 Å². The summed E-state index contributed by atoms with van der Waals surface area (Å²) in [6, 6.07) is -4.40. The summed E-state index contributed by atoms with van der Waals surface area (Å²) in [6.07, 6.45) is -0.0512. The first-order chi connectivity index (χ1) is 12.5. The number of hydrogen-bond donors (Lipinski definition) is 8. The molecule has 0 bridgehead atoms. The Balaban J connectivity index is 4.68. The molecule has 0 aromatic heterocycles. The van der Waals surface area contributed by atoms with E-state index in [1.807, 2.05) is 0 Å². The first-order valence-electron chi connectivity index (χ1n) is 7.93. The van der Waals surface area contributed by atoms with Crippen LogP contribution in [0.25, 0.3) is 0 Å². The zero-order valence-electron chi connectivity index (χ0n) is 14.7. The van der Waals surface area contributed by atoms with Crippen molar-refractivity contribution in [3.63, 3.8) is 0 Å². The number of carboxylic acids is 1. The summed E-state index contributed by atoms with van der Waals surface area (Å²) in [7, 11) is 0. The van der Waals surface area contributed by atoms with Gasteiger partial charge in [-0.25, -0.2) is 4.79 Å². The number of amides is 4. The molecule has 4 unspecified atom stereocenters. The zero-order chi connectivity index (χ0) is 21.1. The van der Waals surface area contributed by atoms with Crippen molar-refractivity contribution >= 4 is 54.9 Å². The van der Waals surface area contributed by atoms with E-state index in [0.29, 0.717) is 0 Å². The van der Waals surface area contributed by atoms with Crippen LogP contribution in [0, 0.1) is 0 Å². The maximum absolute atomic E-state index is 12.1. The number of carboxylic acid groups (broad SMARTS) is 1. The number of primary amides is 1. The second-order valence-corrected chi connectivity index (χ2v) is 6.40. The van der Waals surface area contributed by atoms with Gasteiger partial charge in [0.25, 0.3) is 0 Å². The lowest BCUT2D eigenvalue weighted by Gasteiger charge is -2.22. The fourth-order valence-electron chi connectivity index (χ4n) is 1.76. The molecule has 4 amide bonds. The molecular formula is C14H25N5O6S2. The third kappa shape index (κ3) is 9.49. The highest BCUT2D eigenvalue weighted by atomic mass is 32.1. The number of aliphatic carboxylic acids is 1. The van der Waals surface area contributed by atoms with Crippen LogP contribution in [-0.4, -0.2) is 70.4 Å².